The van der Waals surface area contributed by atoms with Gasteiger partial charge in [0.25, 0.3) is 0 Å². The molecule has 84 valence electrons. The average molecular weight is 201 g/mol. The third-order valence-electron chi connectivity index (χ3n) is 3.47. The molecular weight excluding hydrogens is 178 g/mol. The highest BCUT2D eigenvalue weighted by Crippen LogP contribution is 2.39. The first-order chi connectivity index (χ1) is 6.40. The molecule has 0 saturated carbocycles. The van der Waals surface area contributed by atoms with Crippen molar-refractivity contribution in [1.82, 2.24) is 0 Å². The zero-order valence-electron chi connectivity index (χ0n) is 9.71. The molecule has 0 saturated heterocycles. The average Bonchev–Trinajstić information content (AvgIpc) is 2.12. The lowest BCUT2D eigenvalue weighted by Crippen LogP contribution is -2.46. The number of rotatable bonds is 6. The van der Waals surface area contributed by atoms with Crippen molar-refractivity contribution < 1.29 is 9.90 Å². The van der Waals surface area contributed by atoms with Gasteiger partial charge in [0.15, 0.2) is 0 Å². The summed E-state index contributed by atoms with van der Waals surface area (Å²) < 4.78 is 0. The predicted molar refractivity (Wildman–Crippen MR) is 58.1 cm³/mol. The molecule has 0 spiro atoms. The van der Waals surface area contributed by atoms with Crippen LogP contribution >= 0.6 is 0 Å². The molecule has 0 aliphatic carbocycles. The second-order valence-corrected chi connectivity index (χ2v) is 4.33. The van der Waals surface area contributed by atoms with Gasteiger partial charge in [-0.1, -0.05) is 27.7 Å². The highest BCUT2D eigenvalue weighted by Gasteiger charge is 2.39. The Labute approximate surface area is 86.7 Å². The number of hydrogen-bond acceptors (Lipinski definition) is 2. The van der Waals surface area contributed by atoms with E-state index >= 15 is 0 Å². The van der Waals surface area contributed by atoms with Crippen molar-refractivity contribution >= 4 is 5.97 Å². The maximum absolute atomic E-state index is 10.8. The van der Waals surface area contributed by atoms with Gasteiger partial charge in [-0.3, -0.25) is 4.79 Å². The molecule has 0 aromatic carbocycles. The van der Waals surface area contributed by atoms with Crippen LogP contribution in [0.3, 0.4) is 0 Å². The smallest absolute Gasteiger partial charge is 0.303 e. The van der Waals surface area contributed by atoms with Crippen LogP contribution in [0.4, 0.5) is 0 Å². The van der Waals surface area contributed by atoms with Gasteiger partial charge < -0.3 is 10.8 Å². The van der Waals surface area contributed by atoms with E-state index in [1.165, 1.54) is 0 Å². The second-order valence-electron chi connectivity index (χ2n) is 4.33. The number of carboxylic acids is 1. The van der Waals surface area contributed by atoms with Crippen LogP contribution in [-0.4, -0.2) is 17.1 Å². The third-order valence-corrected chi connectivity index (χ3v) is 3.47. The zero-order chi connectivity index (χ0) is 11.4. The van der Waals surface area contributed by atoms with Gasteiger partial charge >= 0.3 is 5.97 Å². The SMILES string of the molecule is CCC(N)C(CC)(CC(=O)O)C(C)C. The Kier molecular flexibility index (Phi) is 5.13. The van der Waals surface area contributed by atoms with Gasteiger partial charge in [0.1, 0.15) is 0 Å². The van der Waals surface area contributed by atoms with Gasteiger partial charge in [-0.15, -0.1) is 0 Å². The van der Waals surface area contributed by atoms with Crippen LogP contribution in [0.15, 0.2) is 0 Å². The highest BCUT2D eigenvalue weighted by molar-refractivity contribution is 5.68. The van der Waals surface area contributed by atoms with E-state index in [1.54, 1.807) is 0 Å². The minimum atomic E-state index is -0.746. The van der Waals surface area contributed by atoms with Crippen molar-refractivity contribution in [1.29, 1.82) is 0 Å². The lowest BCUT2D eigenvalue weighted by atomic mass is 9.66. The number of hydrogen-bond donors (Lipinski definition) is 2. The van der Waals surface area contributed by atoms with Crippen LogP contribution in [0.5, 0.6) is 0 Å². The lowest BCUT2D eigenvalue weighted by molar-refractivity contribution is -0.141. The molecule has 0 radical (unpaired) electrons. The number of carbonyl (C=O) groups is 1. The quantitative estimate of drug-likeness (QED) is 0.692. The summed E-state index contributed by atoms with van der Waals surface area (Å²) in [6, 6.07) is -0.0244. The standard InChI is InChI=1S/C11H23NO2/c1-5-9(12)11(6-2,8(3)4)7-10(13)14/h8-9H,5-7,12H2,1-4H3,(H,13,14). The topological polar surface area (TPSA) is 63.3 Å². The number of aliphatic carboxylic acids is 1. The molecule has 0 aromatic rings. The summed E-state index contributed by atoms with van der Waals surface area (Å²) in [6.45, 7) is 8.15. The molecule has 0 rings (SSSR count). The lowest BCUT2D eigenvalue weighted by Gasteiger charge is -2.40. The molecule has 0 aliphatic rings. The molecule has 14 heavy (non-hydrogen) atoms. The minimum Gasteiger partial charge on any atom is -0.481 e. The summed E-state index contributed by atoms with van der Waals surface area (Å²) in [5.74, 6) is -0.442. The Hall–Kier alpha value is -0.570. The highest BCUT2D eigenvalue weighted by atomic mass is 16.4. The first-order valence-corrected chi connectivity index (χ1v) is 5.38. The van der Waals surface area contributed by atoms with Crippen LogP contribution < -0.4 is 5.73 Å². The normalized spacial score (nSPS) is 17.9. The molecule has 3 nitrogen and oxygen atoms in total. The monoisotopic (exact) mass is 201 g/mol. The van der Waals surface area contributed by atoms with E-state index in [-0.39, 0.29) is 17.9 Å². The van der Waals surface area contributed by atoms with Gasteiger partial charge in [0, 0.05) is 6.04 Å². The number of nitrogens with two attached hydrogens (primary N) is 1. The molecule has 2 atom stereocenters. The summed E-state index contributed by atoms with van der Waals surface area (Å²) >= 11 is 0. The summed E-state index contributed by atoms with van der Waals surface area (Å²) in [5, 5.41) is 8.92. The Morgan fingerprint density at radius 2 is 1.93 bits per heavy atom. The summed E-state index contributed by atoms with van der Waals surface area (Å²) in [4.78, 5) is 10.8. The first kappa shape index (κ1) is 13.4. The largest absolute Gasteiger partial charge is 0.481 e. The Balaban J connectivity index is 4.87. The van der Waals surface area contributed by atoms with E-state index < -0.39 is 5.97 Å². The van der Waals surface area contributed by atoms with Gasteiger partial charge in [-0.25, -0.2) is 0 Å². The van der Waals surface area contributed by atoms with E-state index in [0.29, 0.717) is 5.92 Å². The van der Waals surface area contributed by atoms with E-state index in [0.717, 1.165) is 12.8 Å². The summed E-state index contributed by atoms with van der Waals surface area (Å²) in [6.07, 6.45) is 1.83. The molecule has 0 amide bonds. The summed E-state index contributed by atoms with van der Waals surface area (Å²) in [5.41, 5.74) is 5.80. The van der Waals surface area contributed by atoms with E-state index in [4.69, 9.17) is 10.8 Å². The fourth-order valence-electron chi connectivity index (χ4n) is 2.25. The number of carboxylic acid groups (broad SMARTS) is 1. The molecule has 0 aliphatic heterocycles. The molecule has 0 bridgehead atoms. The van der Waals surface area contributed by atoms with Gasteiger partial charge in [-0.2, -0.15) is 0 Å². The van der Waals surface area contributed by atoms with Crippen molar-refractivity contribution in [2.75, 3.05) is 0 Å². The van der Waals surface area contributed by atoms with Gasteiger partial charge in [0.2, 0.25) is 0 Å². The predicted octanol–water partition coefficient (Wildman–Crippen LogP) is 2.25. The molecule has 2 unspecified atom stereocenters. The van der Waals surface area contributed by atoms with Crippen LogP contribution in [0.2, 0.25) is 0 Å². The third kappa shape index (κ3) is 2.71. The molecule has 3 heteroatoms. The van der Waals surface area contributed by atoms with E-state index in [1.807, 2.05) is 13.8 Å². The Morgan fingerprint density at radius 1 is 1.43 bits per heavy atom. The van der Waals surface area contributed by atoms with Crippen molar-refractivity contribution in [3.8, 4) is 0 Å². The van der Waals surface area contributed by atoms with E-state index in [2.05, 4.69) is 13.8 Å². The molecule has 0 fully saturated rings. The van der Waals surface area contributed by atoms with Crippen LogP contribution in [-0.2, 0) is 4.79 Å². The van der Waals surface area contributed by atoms with Gasteiger partial charge in [-0.05, 0) is 24.2 Å². The molecule has 0 aromatic heterocycles. The molecule has 0 heterocycles. The summed E-state index contributed by atoms with van der Waals surface area (Å²) in [7, 11) is 0. The van der Waals surface area contributed by atoms with Gasteiger partial charge in [0.05, 0.1) is 6.42 Å². The van der Waals surface area contributed by atoms with Crippen LogP contribution in [0.1, 0.15) is 47.0 Å². The van der Waals surface area contributed by atoms with Crippen molar-refractivity contribution in [3.63, 3.8) is 0 Å². The maximum atomic E-state index is 10.8. The van der Waals surface area contributed by atoms with Crippen molar-refractivity contribution in [3.05, 3.63) is 0 Å². The minimum absolute atomic E-state index is 0.0244. The molecule has 3 N–H and O–H groups in total. The maximum Gasteiger partial charge on any atom is 0.303 e. The second kappa shape index (κ2) is 5.35. The fraction of sp³-hybridized carbons (Fsp3) is 0.909. The molecular formula is C11H23NO2. The first-order valence-electron chi connectivity index (χ1n) is 5.38. The van der Waals surface area contributed by atoms with Crippen LogP contribution in [0.25, 0.3) is 0 Å². The Morgan fingerprint density at radius 3 is 2.14 bits per heavy atom. The van der Waals surface area contributed by atoms with Crippen LogP contribution in [0, 0.1) is 11.3 Å². The van der Waals surface area contributed by atoms with Crippen molar-refractivity contribution in [2.24, 2.45) is 17.1 Å². The zero-order valence-corrected chi connectivity index (χ0v) is 9.71. The van der Waals surface area contributed by atoms with E-state index in [9.17, 15) is 4.79 Å². The van der Waals surface area contributed by atoms with Crippen molar-refractivity contribution in [2.45, 2.75) is 53.0 Å². The fourth-order valence-corrected chi connectivity index (χ4v) is 2.25. The Bertz CT molecular complexity index is 192.